The molecule has 0 atom stereocenters. The fourth-order valence-electron chi connectivity index (χ4n) is 3.78. The van der Waals surface area contributed by atoms with Crippen LogP contribution in [0.5, 0.6) is 0 Å². The zero-order valence-electron chi connectivity index (χ0n) is 15.6. The van der Waals surface area contributed by atoms with Gasteiger partial charge in [-0.1, -0.05) is 30.3 Å². The van der Waals surface area contributed by atoms with Gasteiger partial charge >= 0.3 is 0 Å². The number of aromatic amines is 1. The van der Waals surface area contributed by atoms with E-state index in [-0.39, 0.29) is 0 Å². The van der Waals surface area contributed by atoms with E-state index in [4.69, 9.17) is 0 Å². The number of rotatable bonds is 4. The van der Waals surface area contributed by atoms with Crippen molar-refractivity contribution >= 4 is 16.9 Å². The minimum absolute atomic E-state index is 0.913. The first-order valence-corrected chi connectivity index (χ1v) is 9.64. The van der Waals surface area contributed by atoms with Crippen LogP contribution in [0.2, 0.25) is 0 Å². The van der Waals surface area contributed by atoms with E-state index in [1.165, 1.54) is 10.9 Å². The Balaban J connectivity index is 1.22. The van der Waals surface area contributed by atoms with E-state index in [0.717, 1.165) is 55.4 Å². The number of piperazine rings is 1. The predicted molar refractivity (Wildman–Crippen MR) is 111 cm³/mol. The van der Waals surface area contributed by atoms with Crippen molar-refractivity contribution in [1.29, 1.82) is 0 Å². The van der Waals surface area contributed by atoms with Crippen molar-refractivity contribution in [3.63, 3.8) is 0 Å². The van der Waals surface area contributed by atoms with Crippen molar-refractivity contribution in [2.75, 3.05) is 31.1 Å². The molecule has 0 spiro atoms. The van der Waals surface area contributed by atoms with E-state index in [1.54, 1.807) is 0 Å². The second-order valence-electron chi connectivity index (χ2n) is 7.12. The van der Waals surface area contributed by atoms with Crippen molar-refractivity contribution in [3.05, 3.63) is 72.6 Å². The number of anilines is 1. The molecule has 4 heterocycles. The van der Waals surface area contributed by atoms with Gasteiger partial charge in [-0.05, 0) is 29.8 Å². The van der Waals surface area contributed by atoms with Crippen LogP contribution in [0.15, 0.2) is 67.0 Å². The molecule has 3 aromatic heterocycles. The van der Waals surface area contributed by atoms with Crippen LogP contribution in [0.4, 0.5) is 5.82 Å². The lowest BCUT2D eigenvalue weighted by Gasteiger charge is -2.35. The fourth-order valence-corrected chi connectivity index (χ4v) is 3.78. The molecular formula is C22H22N6. The maximum absolute atomic E-state index is 4.46. The molecule has 1 saturated heterocycles. The molecule has 6 nitrogen and oxygen atoms in total. The molecule has 6 heteroatoms. The summed E-state index contributed by atoms with van der Waals surface area (Å²) in [6.45, 7) is 4.88. The van der Waals surface area contributed by atoms with Crippen LogP contribution in [-0.4, -0.2) is 51.2 Å². The Bertz CT molecular complexity index is 1050. The third-order valence-corrected chi connectivity index (χ3v) is 5.35. The first kappa shape index (κ1) is 16.9. The minimum atomic E-state index is 0.913. The second kappa shape index (κ2) is 7.40. The largest absolute Gasteiger partial charge is 0.353 e. The fraction of sp³-hybridized carbons (Fsp3) is 0.227. The number of pyridine rings is 1. The van der Waals surface area contributed by atoms with Gasteiger partial charge in [0.15, 0.2) is 5.82 Å². The topological polar surface area (TPSA) is 60.9 Å². The lowest BCUT2D eigenvalue weighted by atomic mass is 10.1. The first-order chi connectivity index (χ1) is 13.9. The highest BCUT2D eigenvalue weighted by atomic mass is 15.3. The number of nitrogens with one attached hydrogen (secondary N) is 1. The van der Waals surface area contributed by atoms with Gasteiger partial charge in [-0.25, -0.2) is 4.98 Å². The van der Waals surface area contributed by atoms with E-state index in [0.29, 0.717) is 0 Å². The van der Waals surface area contributed by atoms with E-state index in [2.05, 4.69) is 66.5 Å². The van der Waals surface area contributed by atoms with Crippen LogP contribution in [0.3, 0.4) is 0 Å². The SMILES string of the molecule is c1ccc(-c2ccc(N3CCN(Cc4c[nH]c5ncccc45)CC3)nn2)cc1. The molecule has 28 heavy (non-hydrogen) atoms. The molecule has 0 amide bonds. The lowest BCUT2D eigenvalue weighted by molar-refractivity contribution is 0.250. The van der Waals surface area contributed by atoms with E-state index < -0.39 is 0 Å². The Kier molecular flexibility index (Phi) is 4.47. The molecule has 140 valence electrons. The summed E-state index contributed by atoms with van der Waals surface area (Å²) in [5.41, 5.74) is 4.28. The highest BCUT2D eigenvalue weighted by Crippen LogP contribution is 2.21. The molecule has 0 bridgehead atoms. The van der Waals surface area contributed by atoms with Gasteiger partial charge in [0.1, 0.15) is 5.65 Å². The quantitative estimate of drug-likeness (QED) is 0.597. The molecule has 5 rings (SSSR count). The standard InChI is InChI=1S/C22H22N6/c1-2-5-17(6-3-1)20-8-9-21(26-25-20)28-13-11-27(12-14-28)16-18-15-24-22-19(18)7-4-10-23-22/h1-10,15H,11-14,16H2,(H,23,24). The Morgan fingerprint density at radius 1 is 0.857 bits per heavy atom. The van der Waals surface area contributed by atoms with Gasteiger partial charge in [0.2, 0.25) is 0 Å². The molecule has 0 aliphatic carbocycles. The summed E-state index contributed by atoms with van der Waals surface area (Å²) < 4.78 is 0. The maximum Gasteiger partial charge on any atom is 0.151 e. The lowest BCUT2D eigenvalue weighted by Crippen LogP contribution is -2.46. The molecule has 1 aliphatic heterocycles. The summed E-state index contributed by atoms with van der Waals surface area (Å²) in [6.07, 6.45) is 3.91. The average molecular weight is 370 g/mol. The molecule has 0 unspecified atom stereocenters. The van der Waals surface area contributed by atoms with Gasteiger partial charge in [-0.2, -0.15) is 0 Å². The van der Waals surface area contributed by atoms with E-state index in [9.17, 15) is 0 Å². The Labute approximate surface area is 163 Å². The Morgan fingerprint density at radius 2 is 1.71 bits per heavy atom. The van der Waals surface area contributed by atoms with Gasteiger partial charge < -0.3 is 9.88 Å². The number of H-pyrrole nitrogens is 1. The normalized spacial score (nSPS) is 15.2. The summed E-state index contributed by atoms with van der Waals surface area (Å²) in [5, 5.41) is 10.1. The van der Waals surface area contributed by atoms with Crippen molar-refractivity contribution in [2.24, 2.45) is 0 Å². The maximum atomic E-state index is 4.46. The molecule has 1 aliphatic rings. The van der Waals surface area contributed by atoms with Crippen LogP contribution >= 0.6 is 0 Å². The van der Waals surface area contributed by atoms with Crippen molar-refractivity contribution in [1.82, 2.24) is 25.1 Å². The van der Waals surface area contributed by atoms with Crippen molar-refractivity contribution in [2.45, 2.75) is 6.54 Å². The van der Waals surface area contributed by atoms with Crippen LogP contribution in [0.25, 0.3) is 22.3 Å². The predicted octanol–water partition coefficient (Wildman–Crippen LogP) is 3.34. The number of benzene rings is 1. The van der Waals surface area contributed by atoms with Crippen LogP contribution in [0.1, 0.15) is 5.56 Å². The van der Waals surface area contributed by atoms with Gasteiger partial charge in [0.05, 0.1) is 5.69 Å². The zero-order valence-corrected chi connectivity index (χ0v) is 15.6. The first-order valence-electron chi connectivity index (χ1n) is 9.64. The number of fused-ring (bicyclic) bond motifs is 1. The summed E-state index contributed by atoms with van der Waals surface area (Å²) >= 11 is 0. The number of aromatic nitrogens is 4. The van der Waals surface area contributed by atoms with Crippen molar-refractivity contribution in [3.8, 4) is 11.3 Å². The van der Waals surface area contributed by atoms with E-state index >= 15 is 0 Å². The molecule has 1 N–H and O–H groups in total. The molecule has 1 aromatic carbocycles. The van der Waals surface area contributed by atoms with Gasteiger partial charge in [0.25, 0.3) is 0 Å². The molecule has 1 fully saturated rings. The van der Waals surface area contributed by atoms with Crippen LogP contribution in [-0.2, 0) is 6.54 Å². The summed E-state index contributed by atoms with van der Waals surface area (Å²) in [6, 6.07) is 18.4. The third kappa shape index (κ3) is 3.34. The number of hydrogen-bond donors (Lipinski definition) is 1. The van der Waals surface area contributed by atoms with Gasteiger partial charge in [-0.15, -0.1) is 10.2 Å². The third-order valence-electron chi connectivity index (χ3n) is 5.35. The molecule has 4 aromatic rings. The van der Waals surface area contributed by atoms with Gasteiger partial charge in [-0.3, -0.25) is 4.90 Å². The second-order valence-corrected chi connectivity index (χ2v) is 7.12. The number of nitrogens with zero attached hydrogens (tertiary/aromatic N) is 5. The summed E-state index contributed by atoms with van der Waals surface area (Å²) in [4.78, 5) is 12.4. The number of hydrogen-bond acceptors (Lipinski definition) is 5. The summed E-state index contributed by atoms with van der Waals surface area (Å²) in [5.74, 6) is 0.954. The zero-order chi connectivity index (χ0) is 18.8. The Hall–Kier alpha value is -3.25. The highest BCUT2D eigenvalue weighted by molar-refractivity contribution is 5.79. The monoisotopic (exact) mass is 370 g/mol. The smallest absolute Gasteiger partial charge is 0.151 e. The highest BCUT2D eigenvalue weighted by Gasteiger charge is 2.19. The minimum Gasteiger partial charge on any atom is -0.353 e. The van der Waals surface area contributed by atoms with E-state index in [1.807, 2.05) is 30.5 Å². The summed E-state index contributed by atoms with van der Waals surface area (Å²) in [7, 11) is 0. The molecule has 0 radical (unpaired) electrons. The molecular weight excluding hydrogens is 348 g/mol. The Morgan fingerprint density at radius 3 is 2.50 bits per heavy atom. The average Bonchev–Trinajstić information content (AvgIpc) is 3.18. The van der Waals surface area contributed by atoms with Crippen molar-refractivity contribution < 1.29 is 0 Å². The van der Waals surface area contributed by atoms with Crippen LogP contribution in [0, 0.1) is 0 Å². The van der Waals surface area contributed by atoms with Gasteiger partial charge in [0, 0.05) is 56.1 Å². The molecule has 0 saturated carbocycles. The van der Waals surface area contributed by atoms with Crippen LogP contribution < -0.4 is 4.90 Å².